The minimum atomic E-state index is -5.07. The van der Waals surface area contributed by atoms with Gasteiger partial charge in [0.1, 0.15) is 5.75 Å². The van der Waals surface area contributed by atoms with Crippen molar-refractivity contribution in [2.75, 3.05) is 6.54 Å². The highest BCUT2D eigenvalue weighted by atomic mass is 35.5. The van der Waals surface area contributed by atoms with Crippen LogP contribution in [0.2, 0.25) is 5.02 Å². The van der Waals surface area contributed by atoms with Gasteiger partial charge in [0.2, 0.25) is 0 Å². The fourth-order valence-corrected chi connectivity index (χ4v) is 4.63. The number of benzene rings is 1. The third-order valence-electron chi connectivity index (χ3n) is 6.66. The summed E-state index contributed by atoms with van der Waals surface area (Å²) in [6.45, 7) is 1.63. The zero-order valence-electron chi connectivity index (χ0n) is 20.1. The number of carbonyl (C=O) groups is 1. The monoisotopic (exact) mass is 537 g/mol. The van der Waals surface area contributed by atoms with E-state index in [1.54, 1.807) is 6.92 Å². The number of hydrogen-bond acceptors (Lipinski definition) is 4. The predicted octanol–water partition coefficient (Wildman–Crippen LogP) is 6.15. The number of rotatable bonds is 8. The molecule has 1 atom stereocenters. The number of ether oxygens (including phenoxy) is 1. The number of aliphatic hydroxyl groups is 1. The van der Waals surface area contributed by atoms with E-state index < -0.39 is 35.6 Å². The van der Waals surface area contributed by atoms with Gasteiger partial charge in [0.15, 0.2) is 11.3 Å². The number of carbonyl (C=O) groups excluding carboxylic acids is 1. The van der Waals surface area contributed by atoms with Gasteiger partial charge in [0.25, 0.3) is 5.91 Å². The second kappa shape index (κ2) is 10.9. The van der Waals surface area contributed by atoms with Crippen molar-refractivity contribution in [3.8, 4) is 17.0 Å². The van der Waals surface area contributed by atoms with Crippen molar-refractivity contribution in [2.45, 2.75) is 71.4 Å². The third-order valence-corrected chi connectivity index (χ3v) is 7.02. The van der Waals surface area contributed by atoms with Crippen LogP contribution in [0.3, 0.4) is 0 Å². The molecule has 1 heterocycles. The summed E-state index contributed by atoms with van der Waals surface area (Å²) in [4.78, 5) is 12.9. The Morgan fingerprint density at radius 1 is 1.28 bits per heavy atom. The first-order valence-electron chi connectivity index (χ1n) is 11.7. The molecule has 1 aromatic heterocycles. The van der Waals surface area contributed by atoms with Gasteiger partial charge in [-0.2, -0.15) is 27.1 Å². The third kappa shape index (κ3) is 5.94. The zero-order valence-corrected chi connectivity index (χ0v) is 20.9. The summed E-state index contributed by atoms with van der Waals surface area (Å²) < 4.78 is 72.1. The molecule has 0 aliphatic heterocycles. The van der Waals surface area contributed by atoms with Crippen molar-refractivity contribution in [3.63, 3.8) is 0 Å². The molecule has 200 valence electrons. The lowest BCUT2D eigenvalue weighted by Gasteiger charge is -2.27. The van der Waals surface area contributed by atoms with Crippen molar-refractivity contribution in [2.24, 2.45) is 11.8 Å². The molecule has 1 saturated carbocycles. The van der Waals surface area contributed by atoms with Crippen molar-refractivity contribution < 1.29 is 36.6 Å². The lowest BCUT2D eigenvalue weighted by Crippen LogP contribution is -2.39. The molecule has 1 fully saturated rings. The number of halogens is 6. The van der Waals surface area contributed by atoms with Crippen molar-refractivity contribution in [1.29, 1.82) is 0 Å². The van der Waals surface area contributed by atoms with Crippen LogP contribution in [-0.4, -0.2) is 40.1 Å². The van der Waals surface area contributed by atoms with Crippen LogP contribution < -0.4 is 10.1 Å². The summed E-state index contributed by atoms with van der Waals surface area (Å²) in [5, 5.41) is 16.9. The summed E-state index contributed by atoms with van der Waals surface area (Å²) in [6, 6.07) is 2.70. The molecule has 1 aliphatic carbocycles. The van der Waals surface area contributed by atoms with Crippen molar-refractivity contribution in [3.05, 3.63) is 34.5 Å². The Kier molecular flexibility index (Phi) is 8.55. The van der Waals surface area contributed by atoms with Crippen LogP contribution in [0.4, 0.5) is 22.0 Å². The van der Waals surface area contributed by atoms with Gasteiger partial charge in [-0.3, -0.25) is 9.48 Å². The molecular formula is C24H29ClF5N3O3. The number of hydrogen-bond donors (Lipinski definition) is 2. The fourth-order valence-electron chi connectivity index (χ4n) is 4.30. The number of nitrogens with zero attached hydrogens (tertiary/aromatic N) is 2. The number of nitrogens with one attached hydrogen (secondary N) is 1. The Balaban J connectivity index is 1.96. The fraction of sp³-hybridized carbons (Fsp3) is 0.583. The van der Waals surface area contributed by atoms with E-state index in [1.807, 2.05) is 0 Å². The molecule has 0 radical (unpaired) electrons. The maximum absolute atomic E-state index is 13.3. The summed E-state index contributed by atoms with van der Waals surface area (Å²) in [7, 11) is 0. The maximum Gasteiger partial charge on any atom is 0.421 e. The largest absolute Gasteiger partial charge is 0.434 e. The minimum Gasteiger partial charge on any atom is -0.434 e. The molecule has 0 saturated heterocycles. The topological polar surface area (TPSA) is 76.4 Å². The van der Waals surface area contributed by atoms with E-state index in [4.69, 9.17) is 11.6 Å². The highest BCUT2D eigenvalue weighted by Crippen LogP contribution is 2.43. The van der Waals surface area contributed by atoms with Crippen LogP contribution in [0.25, 0.3) is 11.3 Å². The minimum absolute atomic E-state index is 0.0321. The first kappa shape index (κ1) is 28.2. The van der Waals surface area contributed by atoms with Crippen LogP contribution in [0.5, 0.6) is 5.75 Å². The Labute approximate surface area is 210 Å². The number of aromatic nitrogens is 2. The molecule has 1 unspecified atom stereocenters. The summed E-state index contributed by atoms with van der Waals surface area (Å²) >= 11 is 6.47. The van der Waals surface area contributed by atoms with E-state index in [1.165, 1.54) is 4.68 Å². The maximum atomic E-state index is 13.3. The van der Waals surface area contributed by atoms with E-state index in [-0.39, 0.29) is 28.5 Å². The quantitative estimate of drug-likeness (QED) is 0.396. The molecule has 36 heavy (non-hydrogen) atoms. The Morgan fingerprint density at radius 3 is 2.47 bits per heavy atom. The summed E-state index contributed by atoms with van der Waals surface area (Å²) in [5.41, 5.74) is -4.22. The van der Waals surface area contributed by atoms with Crippen LogP contribution in [-0.2, 0) is 12.1 Å². The second-order valence-electron chi connectivity index (χ2n) is 9.32. The zero-order chi connectivity index (χ0) is 26.8. The van der Waals surface area contributed by atoms with Gasteiger partial charge >= 0.3 is 12.8 Å². The molecule has 2 N–H and O–H groups in total. The summed E-state index contributed by atoms with van der Waals surface area (Å²) in [6.07, 6.45) is -0.917. The lowest BCUT2D eigenvalue weighted by atomic mass is 9.83. The van der Waals surface area contributed by atoms with E-state index >= 15 is 0 Å². The molecule has 1 aliphatic rings. The first-order chi connectivity index (χ1) is 16.8. The highest BCUT2D eigenvalue weighted by Gasteiger charge is 2.51. The van der Waals surface area contributed by atoms with Gasteiger partial charge in [-0.05, 0) is 56.2 Å². The normalized spacial score (nSPS) is 20.3. The molecule has 0 bridgehead atoms. The number of amides is 1. The van der Waals surface area contributed by atoms with Crippen LogP contribution >= 0.6 is 11.6 Å². The van der Waals surface area contributed by atoms with Crippen LogP contribution in [0.15, 0.2) is 18.2 Å². The van der Waals surface area contributed by atoms with Crippen LogP contribution in [0.1, 0.15) is 62.5 Å². The van der Waals surface area contributed by atoms with Gasteiger partial charge in [-0.1, -0.05) is 37.4 Å². The van der Waals surface area contributed by atoms with Gasteiger partial charge in [0.05, 0.1) is 10.7 Å². The second-order valence-corrected chi connectivity index (χ2v) is 9.70. The molecule has 1 aromatic carbocycles. The van der Waals surface area contributed by atoms with Gasteiger partial charge < -0.3 is 15.2 Å². The van der Waals surface area contributed by atoms with E-state index in [0.29, 0.717) is 31.4 Å². The molecule has 3 rings (SSSR count). The van der Waals surface area contributed by atoms with Gasteiger partial charge in [-0.15, -0.1) is 0 Å². The Hall–Kier alpha value is -2.40. The molecule has 12 heteroatoms. The molecule has 2 aromatic rings. The molecule has 0 spiro atoms. The van der Waals surface area contributed by atoms with Crippen LogP contribution in [0, 0.1) is 11.8 Å². The molecule has 6 nitrogen and oxygen atoms in total. The number of aryl methyl sites for hydroxylation is 1. The van der Waals surface area contributed by atoms with Crippen molar-refractivity contribution in [1.82, 2.24) is 15.1 Å². The van der Waals surface area contributed by atoms with Gasteiger partial charge in [-0.25, -0.2) is 0 Å². The average molecular weight is 538 g/mol. The Bertz CT molecular complexity index is 1080. The van der Waals surface area contributed by atoms with E-state index in [9.17, 15) is 31.9 Å². The Morgan fingerprint density at radius 2 is 1.92 bits per heavy atom. The molecular weight excluding hydrogens is 509 g/mol. The number of alkyl halides is 5. The standard InChI is InChI=1S/C24H29ClF5N3O3/c1-4-33-20(18(25)19(32-33)21(34)31-12-14-7-5-13(2)6-8-14)16-10-9-15(11-17(16)36-22(26)27)23(3,35)24(28,29)30/h9-11,13-14,22,35H,4-8,12H2,1-3H3,(H,31,34). The van der Waals surface area contributed by atoms with Crippen molar-refractivity contribution >= 4 is 17.5 Å². The molecule has 1 amide bonds. The average Bonchev–Trinajstić information content (AvgIpc) is 3.13. The lowest BCUT2D eigenvalue weighted by molar-refractivity contribution is -0.258. The smallest absolute Gasteiger partial charge is 0.421 e. The first-order valence-corrected chi connectivity index (χ1v) is 12.1. The van der Waals surface area contributed by atoms with Gasteiger partial charge in [0, 0.05) is 18.7 Å². The SMILES string of the molecule is CCn1nc(C(=O)NCC2CCC(C)CC2)c(Cl)c1-c1ccc(C(C)(O)C(F)(F)F)cc1OC(F)F. The highest BCUT2D eigenvalue weighted by molar-refractivity contribution is 6.36. The van der Waals surface area contributed by atoms with E-state index in [2.05, 4.69) is 22.1 Å². The van der Waals surface area contributed by atoms with E-state index in [0.717, 1.165) is 37.8 Å². The summed E-state index contributed by atoms with van der Waals surface area (Å²) in [5.74, 6) is -0.200. The predicted molar refractivity (Wildman–Crippen MR) is 124 cm³/mol.